The molecule has 3 N–H and O–H groups in total. The van der Waals surface area contributed by atoms with Crippen molar-refractivity contribution in [3.63, 3.8) is 0 Å². The molecule has 1 heterocycles. The quantitative estimate of drug-likeness (QED) is 0.679. The van der Waals surface area contributed by atoms with Gasteiger partial charge in [-0.05, 0) is 24.3 Å². The van der Waals surface area contributed by atoms with E-state index < -0.39 is 0 Å². The monoisotopic (exact) mass is 263 g/mol. The first-order valence-electron chi connectivity index (χ1n) is 6.75. The van der Waals surface area contributed by atoms with E-state index >= 15 is 0 Å². The maximum Gasteiger partial charge on any atom is 0.407 e. The maximum absolute atomic E-state index is 11.5. The molecular formula is C14H21N3O2. The summed E-state index contributed by atoms with van der Waals surface area (Å²) in [6.45, 7) is 3.02. The van der Waals surface area contributed by atoms with Crippen molar-refractivity contribution < 1.29 is 9.53 Å². The lowest BCUT2D eigenvalue weighted by molar-refractivity contribution is 0.139. The highest BCUT2D eigenvalue weighted by atomic mass is 16.5. The molecule has 0 saturated carbocycles. The predicted octanol–water partition coefficient (Wildman–Crippen LogP) is 1.42. The third-order valence-electron chi connectivity index (χ3n) is 3.18. The summed E-state index contributed by atoms with van der Waals surface area (Å²) in [5.41, 5.74) is 7.20. The zero-order chi connectivity index (χ0) is 13.3. The molecule has 1 saturated heterocycles. The normalized spacial score (nSPS) is 15.4. The van der Waals surface area contributed by atoms with Crippen LogP contribution >= 0.6 is 0 Å². The Kier molecular flexibility index (Phi) is 5.65. The standard InChI is InChI=1S/C14H21N3O2/c18-14(19-11-12-5-2-1-3-6-12)15-8-4-7-13-9-16-17-10-13/h1-3,5-6,13,16-17H,4,7-11H2,(H,15,18). The van der Waals surface area contributed by atoms with Crippen LogP contribution in [0.25, 0.3) is 0 Å². The third-order valence-corrected chi connectivity index (χ3v) is 3.18. The van der Waals surface area contributed by atoms with Crippen LogP contribution in [0.5, 0.6) is 0 Å². The minimum Gasteiger partial charge on any atom is -0.445 e. The summed E-state index contributed by atoms with van der Waals surface area (Å²) in [6.07, 6.45) is 1.75. The summed E-state index contributed by atoms with van der Waals surface area (Å²) in [6, 6.07) is 9.68. The van der Waals surface area contributed by atoms with Crippen LogP contribution in [-0.2, 0) is 11.3 Å². The fourth-order valence-electron chi connectivity index (χ4n) is 2.06. The van der Waals surface area contributed by atoms with Gasteiger partial charge in [-0.1, -0.05) is 30.3 Å². The number of hydrogen-bond acceptors (Lipinski definition) is 4. The average molecular weight is 263 g/mol. The molecule has 0 aliphatic carbocycles. The van der Waals surface area contributed by atoms with E-state index in [9.17, 15) is 4.79 Å². The van der Waals surface area contributed by atoms with Gasteiger partial charge in [0.15, 0.2) is 0 Å². The highest BCUT2D eigenvalue weighted by Gasteiger charge is 2.13. The van der Waals surface area contributed by atoms with E-state index in [1.54, 1.807) is 0 Å². The van der Waals surface area contributed by atoms with E-state index in [1.165, 1.54) is 0 Å². The van der Waals surface area contributed by atoms with Crippen molar-refractivity contribution in [2.75, 3.05) is 19.6 Å². The number of rotatable bonds is 6. The molecule has 104 valence electrons. The van der Waals surface area contributed by atoms with E-state index in [4.69, 9.17) is 4.74 Å². The van der Waals surface area contributed by atoms with Crippen molar-refractivity contribution >= 4 is 6.09 Å². The van der Waals surface area contributed by atoms with Gasteiger partial charge >= 0.3 is 6.09 Å². The second kappa shape index (κ2) is 7.76. The van der Waals surface area contributed by atoms with Gasteiger partial charge in [0, 0.05) is 19.6 Å². The zero-order valence-corrected chi connectivity index (χ0v) is 11.0. The Hall–Kier alpha value is -1.59. The molecule has 19 heavy (non-hydrogen) atoms. The molecule has 1 aliphatic rings. The Morgan fingerprint density at radius 2 is 2.00 bits per heavy atom. The smallest absolute Gasteiger partial charge is 0.407 e. The van der Waals surface area contributed by atoms with Crippen molar-refractivity contribution in [2.45, 2.75) is 19.4 Å². The fourth-order valence-corrected chi connectivity index (χ4v) is 2.06. The van der Waals surface area contributed by atoms with Gasteiger partial charge in [0.25, 0.3) is 0 Å². The summed E-state index contributed by atoms with van der Waals surface area (Å²) in [7, 11) is 0. The maximum atomic E-state index is 11.5. The van der Waals surface area contributed by atoms with E-state index in [0.29, 0.717) is 19.1 Å². The molecule has 0 atom stereocenters. The molecule has 1 fully saturated rings. The summed E-state index contributed by atoms with van der Waals surface area (Å²) >= 11 is 0. The SMILES string of the molecule is O=C(NCCCC1CNNC1)OCc1ccccc1. The molecule has 2 rings (SSSR count). The predicted molar refractivity (Wildman–Crippen MR) is 73.4 cm³/mol. The molecule has 1 amide bonds. The average Bonchev–Trinajstić information content (AvgIpc) is 2.96. The zero-order valence-electron chi connectivity index (χ0n) is 11.0. The van der Waals surface area contributed by atoms with Crippen LogP contribution < -0.4 is 16.2 Å². The lowest BCUT2D eigenvalue weighted by Crippen LogP contribution is -2.25. The highest BCUT2D eigenvalue weighted by Crippen LogP contribution is 2.06. The first kappa shape index (κ1) is 13.8. The van der Waals surface area contributed by atoms with Gasteiger partial charge in [-0.2, -0.15) is 0 Å². The number of alkyl carbamates (subject to hydrolysis) is 1. The van der Waals surface area contributed by atoms with Crippen molar-refractivity contribution in [3.8, 4) is 0 Å². The molecule has 0 unspecified atom stereocenters. The lowest BCUT2D eigenvalue weighted by Gasteiger charge is -2.09. The summed E-state index contributed by atoms with van der Waals surface area (Å²) in [5, 5.41) is 2.77. The summed E-state index contributed by atoms with van der Waals surface area (Å²) < 4.78 is 5.13. The molecule has 5 heteroatoms. The van der Waals surface area contributed by atoms with Crippen molar-refractivity contribution in [3.05, 3.63) is 35.9 Å². The van der Waals surface area contributed by atoms with Gasteiger partial charge < -0.3 is 10.1 Å². The number of benzene rings is 1. The van der Waals surface area contributed by atoms with Gasteiger partial charge in [-0.15, -0.1) is 0 Å². The van der Waals surface area contributed by atoms with Gasteiger partial charge in [0.05, 0.1) is 0 Å². The Morgan fingerprint density at radius 1 is 1.26 bits per heavy atom. The number of amides is 1. The molecule has 1 aromatic carbocycles. The Balaban J connectivity index is 1.52. The van der Waals surface area contributed by atoms with Crippen LogP contribution in [0, 0.1) is 5.92 Å². The van der Waals surface area contributed by atoms with Gasteiger partial charge in [0.2, 0.25) is 0 Å². The highest BCUT2D eigenvalue weighted by molar-refractivity contribution is 5.67. The van der Waals surface area contributed by atoms with E-state index in [0.717, 1.165) is 31.5 Å². The third kappa shape index (κ3) is 5.28. The number of nitrogens with one attached hydrogen (secondary N) is 3. The number of ether oxygens (including phenoxy) is 1. The Morgan fingerprint density at radius 3 is 2.74 bits per heavy atom. The van der Waals surface area contributed by atoms with Crippen LogP contribution in [0.2, 0.25) is 0 Å². The topological polar surface area (TPSA) is 62.4 Å². The minimum atomic E-state index is -0.341. The molecule has 0 radical (unpaired) electrons. The number of hydrogen-bond donors (Lipinski definition) is 3. The number of hydrazine groups is 1. The van der Waals surface area contributed by atoms with Gasteiger partial charge in [0.1, 0.15) is 6.61 Å². The molecular weight excluding hydrogens is 242 g/mol. The fraction of sp³-hybridized carbons (Fsp3) is 0.500. The Labute approximate surface area is 113 Å². The molecule has 1 aliphatic heterocycles. The van der Waals surface area contributed by atoms with E-state index in [2.05, 4.69) is 16.2 Å². The molecule has 5 nitrogen and oxygen atoms in total. The molecule has 0 spiro atoms. The first-order chi connectivity index (χ1) is 9.34. The second-order valence-electron chi connectivity index (χ2n) is 4.76. The number of carbonyl (C=O) groups excluding carboxylic acids is 1. The molecule has 1 aromatic rings. The van der Waals surface area contributed by atoms with E-state index in [1.807, 2.05) is 30.3 Å². The summed E-state index contributed by atoms with van der Waals surface area (Å²) in [4.78, 5) is 11.5. The van der Waals surface area contributed by atoms with Crippen LogP contribution in [0.1, 0.15) is 18.4 Å². The van der Waals surface area contributed by atoms with Crippen molar-refractivity contribution in [1.29, 1.82) is 0 Å². The minimum absolute atomic E-state index is 0.323. The second-order valence-corrected chi connectivity index (χ2v) is 4.76. The van der Waals surface area contributed by atoms with Crippen LogP contribution in [-0.4, -0.2) is 25.7 Å². The number of carbonyl (C=O) groups is 1. The van der Waals surface area contributed by atoms with Crippen LogP contribution in [0.15, 0.2) is 30.3 Å². The Bertz CT molecular complexity index is 378. The molecule has 0 bridgehead atoms. The van der Waals surface area contributed by atoms with Gasteiger partial charge in [-0.3, -0.25) is 10.9 Å². The van der Waals surface area contributed by atoms with Gasteiger partial charge in [-0.25, -0.2) is 4.79 Å². The van der Waals surface area contributed by atoms with Crippen LogP contribution in [0.3, 0.4) is 0 Å². The first-order valence-corrected chi connectivity index (χ1v) is 6.75. The lowest BCUT2D eigenvalue weighted by atomic mass is 10.1. The van der Waals surface area contributed by atoms with Crippen molar-refractivity contribution in [2.24, 2.45) is 5.92 Å². The van der Waals surface area contributed by atoms with Crippen LogP contribution in [0.4, 0.5) is 4.79 Å². The molecule has 0 aromatic heterocycles. The largest absolute Gasteiger partial charge is 0.445 e. The van der Waals surface area contributed by atoms with E-state index in [-0.39, 0.29) is 6.09 Å². The summed E-state index contributed by atoms with van der Waals surface area (Å²) in [5.74, 6) is 0.669. The van der Waals surface area contributed by atoms with Crippen molar-refractivity contribution in [1.82, 2.24) is 16.2 Å².